The predicted molar refractivity (Wildman–Crippen MR) is 100.0 cm³/mol. The molecule has 1 fully saturated rings. The van der Waals surface area contributed by atoms with Crippen LogP contribution in [0.4, 0.5) is 0 Å². The van der Waals surface area contributed by atoms with Crippen molar-refractivity contribution in [3.8, 4) is 11.5 Å². The molecule has 5 nitrogen and oxygen atoms in total. The normalized spacial score (nSPS) is 23.4. The van der Waals surface area contributed by atoms with Gasteiger partial charge in [0.1, 0.15) is 16.5 Å². The Morgan fingerprint density at radius 3 is 2.68 bits per heavy atom. The van der Waals surface area contributed by atoms with Crippen molar-refractivity contribution in [3.05, 3.63) is 52.5 Å². The van der Waals surface area contributed by atoms with Crippen molar-refractivity contribution in [1.29, 1.82) is 0 Å². The van der Waals surface area contributed by atoms with Crippen molar-refractivity contribution in [2.24, 2.45) is 0 Å². The number of phenols is 2. The molecule has 25 heavy (non-hydrogen) atoms. The van der Waals surface area contributed by atoms with Crippen LogP contribution in [0.25, 0.3) is 10.2 Å². The van der Waals surface area contributed by atoms with Crippen LogP contribution in [0.5, 0.6) is 11.5 Å². The summed E-state index contributed by atoms with van der Waals surface area (Å²) in [5, 5.41) is 21.4. The summed E-state index contributed by atoms with van der Waals surface area (Å²) in [6.07, 6.45) is 0.709. The molecule has 130 valence electrons. The SMILES string of the molecule is CCc1cc(C2NNC(C)C2c2nc3ccccc3s2)c(O)cc1O. The molecule has 3 aromatic rings. The van der Waals surface area contributed by atoms with E-state index in [-0.39, 0.29) is 29.5 Å². The molecule has 4 N–H and O–H groups in total. The van der Waals surface area contributed by atoms with E-state index in [1.54, 1.807) is 11.3 Å². The topological polar surface area (TPSA) is 77.4 Å². The number of aryl methyl sites for hydroxylation is 1. The number of para-hydroxylation sites is 1. The number of thiazole rings is 1. The standard InChI is InChI=1S/C19H21N3O2S/c1-3-11-8-12(15(24)9-14(11)23)18-17(10(2)21-22-18)19-20-13-6-4-5-7-16(13)25-19/h4-10,17-18,21-24H,3H2,1-2H3. The van der Waals surface area contributed by atoms with Crippen LogP contribution in [0.3, 0.4) is 0 Å². The molecule has 0 aliphatic carbocycles. The Balaban J connectivity index is 1.79. The van der Waals surface area contributed by atoms with Gasteiger partial charge in [-0.1, -0.05) is 19.1 Å². The van der Waals surface area contributed by atoms with Gasteiger partial charge in [0.25, 0.3) is 0 Å². The average Bonchev–Trinajstić information content (AvgIpc) is 3.18. The number of hydrogen-bond donors (Lipinski definition) is 4. The molecular formula is C19H21N3O2S. The molecule has 0 bridgehead atoms. The molecule has 0 amide bonds. The molecule has 2 aromatic carbocycles. The minimum absolute atomic E-state index is 0.0950. The lowest BCUT2D eigenvalue weighted by Gasteiger charge is -2.21. The summed E-state index contributed by atoms with van der Waals surface area (Å²) in [7, 11) is 0. The van der Waals surface area contributed by atoms with Crippen molar-refractivity contribution in [2.75, 3.05) is 0 Å². The number of hydrazine groups is 1. The van der Waals surface area contributed by atoms with Gasteiger partial charge in [0.2, 0.25) is 0 Å². The van der Waals surface area contributed by atoms with Crippen LogP contribution >= 0.6 is 11.3 Å². The fourth-order valence-corrected chi connectivity index (χ4v) is 4.73. The zero-order chi connectivity index (χ0) is 17.6. The van der Waals surface area contributed by atoms with E-state index in [0.717, 1.165) is 21.7 Å². The minimum atomic E-state index is -0.110. The molecular weight excluding hydrogens is 334 g/mol. The molecule has 1 aliphatic heterocycles. The van der Waals surface area contributed by atoms with Crippen molar-refractivity contribution >= 4 is 21.6 Å². The minimum Gasteiger partial charge on any atom is -0.508 e. The van der Waals surface area contributed by atoms with Crippen LogP contribution in [0.15, 0.2) is 36.4 Å². The van der Waals surface area contributed by atoms with E-state index in [1.165, 1.54) is 10.8 Å². The number of rotatable bonds is 3. The largest absolute Gasteiger partial charge is 0.508 e. The number of aromatic hydroxyl groups is 2. The third kappa shape index (κ3) is 2.76. The number of nitrogens with one attached hydrogen (secondary N) is 2. The lowest BCUT2D eigenvalue weighted by Crippen LogP contribution is -2.29. The Morgan fingerprint density at radius 1 is 1.12 bits per heavy atom. The van der Waals surface area contributed by atoms with E-state index < -0.39 is 0 Å². The second-order valence-corrected chi connectivity index (χ2v) is 7.56. The highest BCUT2D eigenvalue weighted by atomic mass is 32.1. The van der Waals surface area contributed by atoms with E-state index in [1.807, 2.05) is 31.2 Å². The fraction of sp³-hybridized carbons (Fsp3) is 0.316. The lowest BCUT2D eigenvalue weighted by molar-refractivity contribution is 0.429. The van der Waals surface area contributed by atoms with Gasteiger partial charge >= 0.3 is 0 Å². The number of phenolic OH excluding ortho intramolecular Hbond substituents is 2. The van der Waals surface area contributed by atoms with Gasteiger partial charge in [0, 0.05) is 23.6 Å². The number of nitrogens with zero attached hydrogens (tertiary/aromatic N) is 1. The molecule has 0 saturated carbocycles. The predicted octanol–water partition coefficient (Wildman–Crippen LogP) is 3.59. The quantitative estimate of drug-likeness (QED) is 0.578. The molecule has 1 aliphatic rings. The molecule has 0 spiro atoms. The Bertz CT molecular complexity index is 891. The van der Waals surface area contributed by atoms with Crippen LogP contribution in [0.2, 0.25) is 0 Å². The number of hydrogen-bond acceptors (Lipinski definition) is 6. The third-order valence-corrected chi connectivity index (χ3v) is 6.04. The smallest absolute Gasteiger partial charge is 0.124 e. The second-order valence-electron chi connectivity index (χ2n) is 6.49. The first kappa shape index (κ1) is 16.3. The van der Waals surface area contributed by atoms with E-state index >= 15 is 0 Å². The summed E-state index contributed by atoms with van der Waals surface area (Å²) in [6, 6.07) is 11.5. The summed E-state index contributed by atoms with van der Waals surface area (Å²) < 4.78 is 1.17. The summed E-state index contributed by atoms with van der Waals surface area (Å²) in [5.41, 5.74) is 9.21. The highest BCUT2D eigenvalue weighted by Crippen LogP contribution is 2.44. The van der Waals surface area contributed by atoms with Crippen LogP contribution in [-0.4, -0.2) is 21.2 Å². The van der Waals surface area contributed by atoms with Crippen LogP contribution in [0, 0.1) is 0 Å². The fourth-order valence-electron chi connectivity index (χ4n) is 3.52. The van der Waals surface area contributed by atoms with E-state index in [9.17, 15) is 10.2 Å². The summed E-state index contributed by atoms with van der Waals surface area (Å²) in [4.78, 5) is 4.82. The average molecular weight is 355 g/mol. The Hall–Kier alpha value is -2.15. The highest BCUT2D eigenvalue weighted by Gasteiger charge is 2.39. The number of benzene rings is 2. The van der Waals surface area contributed by atoms with Crippen molar-refractivity contribution in [2.45, 2.75) is 38.3 Å². The van der Waals surface area contributed by atoms with Gasteiger partial charge in [-0.25, -0.2) is 10.4 Å². The molecule has 3 unspecified atom stereocenters. The first-order chi connectivity index (χ1) is 12.1. The first-order valence-corrected chi connectivity index (χ1v) is 9.31. The molecule has 0 radical (unpaired) electrons. The Labute approximate surface area is 150 Å². The maximum atomic E-state index is 10.4. The van der Waals surface area contributed by atoms with E-state index in [4.69, 9.17) is 4.98 Å². The first-order valence-electron chi connectivity index (χ1n) is 8.49. The molecule has 4 rings (SSSR count). The molecule has 2 heterocycles. The van der Waals surface area contributed by atoms with Crippen LogP contribution in [0.1, 0.15) is 41.9 Å². The third-order valence-electron chi connectivity index (χ3n) is 4.90. The van der Waals surface area contributed by atoms with Crippen molar-refractivity contribution in [1.82, 2.24) is 15.8 Å². The maximum absolute atomic E-state index is 10.4. The zero-order valence-electron chi connectivity index (χ0n) is 14.2. The van der Waals surface area contributed by atoms with Gasteiger partial charge in [-0.3, -0.25) is 5.43 Å². The van der Waals surface area contributed by atoms with Crippen LogP contribution in [-0.2, 0) is 6.42 Å². The summed E-state index contributed by atoms with van der Waals surface area (Å²) >= 11 is 1.69. The Kier molecular flexibility index (Phi) is 4.11. The lowest BCUT2D eigenvalue weighted by atomic mass is 9.89. The van der Waals surface area contributed by atoms with Gasteiger partial charge in [-0.05, 0) is 37.1 Å². The van der Waals surface area contributed by atoms with Gasteiger partial charge in [-0.15, -0.1) is 11.3 Å². The van der Waals surface area contributed by atoms with E-state index in [2.05, 4.69) is 23.8 Å². The molecule has 6 heteroatoms. The zero-order valence-corrected chi connectivity index (χ0v) is 15.0. The van der Waals surface area contributed by atoms with Crippen molar-refractivity contribution < 1.29 is 10.2 Å². The van der Waals surface area contributed by atoms with Gasteiger partial charge in [-0.2, -0.15) is 0 Å². The van der Waals surface area contributed by atoms with Crippen LogP contribution < -0.4 is 10.9 Å². The van der Waals surface area contributed by atoms with Gasteiger partial charge in [0.15, 0.2) is 0 Å². The van der Waals surface area contributed by atoms with E-state index in [0.29, 0.717) is 6.42 Å². The number of fused-ring (bicyclic) bond motifs is 1. The molecule has 3 atom stereocenters. The Morgan fingerprint density at radius 2 is 1.92 bits per heavy atom. The highest BCUT2D eigenvalue weighted by molar-refractivity contribution is 7.18. The van der Waals surface area contributed by atoms with Gasteiger partial charge < -0.3 is 10.2 Å². The summed E-state index contributed by atoms with van der Waals surface area (Å²) in [5.74, 6) is 0.339. The van der Waals surface area contributed by atoms with Gasteiger partial charge in [0.05, 0.1) is 16.3 Å². The second kappa shape index (κ2) is 6.29. The van der Waals surface area contributed by atoms with Crippen molar-refractivity contribution in [3.63, 3.8) is 0 Å². The maximum Gasteiger partial charge on any atom is 0.124 e. The monoisotopic (exact) mass is 355 g/mol. The summed E-state index contributed by atoms with van der Waals surface area (Å²) in [6.45, 7) is 4.10. The molecule has 1 saturated heterocycles. The molecule has 1 aromatic heterocycles. The number of aromatic nitrogens is 1.